The summed E-state index contributed by atoms with van der Waals surface area (Å²) in [6, 6.07) is 16.9. The fraction of sp³-hybridized carbons (Fsp3) is 0.300. The van der Waals surface area contributed by atoms with Crippen molar-refractivity contribution in [2.24, 2.45) is 0 Å². The van der Waals surface area contributed by atoms with Gasteiger partial charge >= 0.3 is 0 Å². The quantitative estimate of drug-likeness (QED) is 0.833. The molecule has 0 N–H and O–H groups in total. The van der Waals surface area contributed by atoms with Gasteiger partial charge in [-0.15, -0.1) is 11.8 Å². The maximum atomic E-state index is 13.5. The Kier molecular flexibility index (Phi) is 4.46. The number of ether oxygens (including phenoxy) is 1. The number of methoxy groups -OCH3 is 1. The van der Waals surface area contributed by atoms with Crippen LogP contribution in [0.5, 0.6) is 0 Å². The summed E-state index contributed by atoms with van der Waals surface area (Å²) in [5, 5.41) is 0. The lowest BCUT2D eigenvalue weighted by Gasteiger charge is -2.33. The highest BCUT2D eigenvalue weighted by atomic mass is 32.2. The van der Waals surface area contributed by atoms with Gasteiger partial charge in [0.15, 0.2) is 4.87 Å². The normalized spacial score (nSPS) is 21.5. The summed E-state index contributed by atoms with van der Waals surface area (Å²) >= 11 is 1.54. The molecule has 0 bridgehead atoms. The van der Waals surface area contributed by atoms with E-state index >= 15 is 0 Å². The van der Waals surface area contributed by atoms with Gasteiger partial charge in [0.05, 0.1) is 12.3 Å². The molecule has 0 aromatic heterocycles. The van der Waals surface area contributed by atoms with Gasteiger partial charge in [-0.3, -0.25) is 9.59 Å². The smallest absolute Gasteiger partial charge is 0.268 e. The molecule has 0 unspecified atom stereocenters. The number of hydrogen-bond donors (Lipinski definition) is 0. The first kappa shape index (κ1) is 17.1. The monoisotopic (exact) mass is 368 g/mol. The van der Waals surface area contributed by atoms with Crippen LogP contribution < -0.4 is 4.90 Å². The molecule has 2 aliphatic heterocycles. The first-order valence-electron chi connectivity index (χ1n) is 8.61. The molecule has 1 atom stereocenters. The Morgan fingerprint density at radius 1 is 1.15 bits per heavy atom. The van der Waals surface area contributed by atoms with Gasteiger partial charge in [-0.05, 0) is 18.2 Å². The number of hydrogen-bond acceptors (Lipinski definition) is 4. The average molecular weight is 368 g/mol. The van der Waals surface area contributed by atoms with Crippen LogP contribution in [0.2, 0.25) is 0 Å². The van der Waals surface area contributed by atoms with Gasteiger partial charge in [0.25, 0.3) is 11.8 Å². The number of rotatable bonds is 4. The number of para-hydroxylation sites is 1. The van der Waals surface area contributed by atoms with Crippen LogP contribution in [-0.4, -0.2) is 49.3 Å². The maximum Gasteiger partial charge on any atom is 0.268 e. The summed E-state index contributed by atoms with van der Waals surface area (Å²) in [6.45, 7) is 1.48. The van der Waals surface area contributed by atoms with Crippen LogP contribution in [0.4, 0.5) is 5.69 Å². The SMILES string of the molecule is COCCN1C(=O)[C@]2(SCCN2C(=O)c2ccccc2)c2ccccc21. The van der Waals surface area contributed by atoms with Crippen molar-refractivity contribution in [3.05, 3.63) is 65.7 Å². The third-order valence-corrected chi connectivity index (χ3v) is 6.31. The van der Waals surface area contributed by atoms with Crippen LogP contribution in [-0.2, 0) is 14.4 Å². The lowest BCUT2D eigenvalue weighted by Crippen LogP contribution is -2.50. The second-order valence-electron chi connectivity index (χ2n) is 6.28. The molecule has 0 aliphatic carbocycles. The molecular weight excluding hydrogens is 348 g/mol. The van der Waals surface area contributed by atoms with E-state index in [9.17, 15) is 9.59 Å². The van der Waals surface area contributed by atoms with E-state index in [0.29, 0.717) is 25.3 Å². The number of carbonyl (C=O) groups excluding carboxylic acids is 2. The molecule has 134 valence electrons. The van der Waals surface area contributed by atoms with Crippen molar-refractivity contribution >= 4 is 29.3 Å². The lowest BCUT2D eigenvalue weighted by molar-refractivity contribution is -0.123. The van der Waals surface area contributed by atoms with Gasteiger partial charge in [-0.1, -0.05) is 36.4 Å². The van der Waals surface area contributed by atoms with Crippen LogP contribution in [0.25, 0.3) is 0 Å². The first-order chi connectivity index (χ1) is 12.7. The van der Waals surface area contributed by atoms with Crippen molar-refractivity contribution in [2.45, 2.75) is 4.87 Å². The molecule has 1 saturated heterocycles. The molecule has 0 radical (unpaired) electrons. The van der Waals surface area contributed by atoms with Crippen LogP contribution in [0.15, 0.2) is 54.6 Å². The van der Waals surface area contributed by atoms with Crippen molar-refractivity contribution in [2.75, 3.05) is 37.5 Å². The van der Waals surface area contributed by atoms with Crippen LogP contribution in [0.1, 0.15) is 15.9 Å². The van der Waals surface area contributed by atoms with Crippen LogP contribution in [0.3, 0.4) is 0 Å². The van der Waals surface area contributed by atoms with Crippen LogP contribution >= 0.6 is 11.8 Å². The second kappa shape index (κ2) is 6.78. The summed E-state index contributed by atoms with van der Waals surface area (Å²) in [7, 11) is 1.62. The van der Waals surface area contributed by atoms with E-state index in [-0.39, 0.29) is 11.8 Å². The van der Waals surface area contributed by atoms with E-state index < -0.39 is 4.87 Å². The Morgan fingerprint density at radius 2 is 1.88 bits per heavy atom. The summed E-state index contributed by atoms with van der Waals surface area (Å²) in [6.07, 6.45) is 0. The standard InChI is InChI=1S/C20H20N2O3S/c1-25-13-11-21-17-10-6-5-9-16(17)20(19(21)24)22(12-14-26-20)18(23)15-7-3-2-4-8-15/h2-10H,11-14H2,1H3/t20-/m1/s1. The molecule has 5 nitrogen and oxygen atoms in total. The van der Waals surface area contributed by atoms with Gasteiger partial charge < -0.3 is 14.5 Å². The topological polar surface area (TPSA) is 49.9 Å². The summed E-state index contributed by atoms with van der Waals surface area (Å²) in [5.74, 6) is 0.575. The van der Waals surface area contributed by atoms with Crippen molar-refractivity contribution in [1.82, 2.24) is 4.90 Å². The summed E-state index contributed by atoms with van der Waals surface area (Å²) in [4.78, 5) is 29.2. The van der Waals surface area contributed by atoms with E-state index in [1.807, 2.05) is 42.5 Å². The molecule has 2 amide bonds. The third kappa shape index (κ3) is 2.44. The minimum absolute atomic E-state index is 0.0532. The molecule has 6 heteroatoms. The Balaban J connectivity index is 1.79. The minimum atomic E-state index is -0.975. The van der Waals surface area contributed by atoms with Crippen molar-refractivity contribution in [1.29, 1.82) is 0 Å². The fourth-order valence-corrected chi connectivity index (χ4v) is 5.17. The van der Waals surface area contributed by atoms with Crippen LogP contribution in [0, 0.1) is 0 Å². The Morgan fingerprint density at radius 3 is 2.65 bits per heavy atom. The predicted octanol–water partition coefficient (Wildman–Crippen LogP) is 2.72. The van der Waals surface area contributed by atoms with E-state index in [1.54, 1.807) is 40.8 Å². The highest BCUT2D eigenvalue weighted by Crippen LogP contribution is 2.54. The predicted molar refractivity (Wildman–Crippen MR) is 102 cm³/mol. The molecule has 2 aromatic carbocycles. The zero-order valence-electron chi connectivity index (χ0n) is 14.6. The Labute approximate surface area is 156 Å². The highest BCUT2D eigenvalue weighted by Gasteiger charge is 2.59. The van der Waals surface area contributed by atoms with Crippen molar-refractivity contribution in [3.63, 3.8) is 0 Å². The number of anilines is 1. The summed E-state index contributed by atoms with van der Waals surface area (Å²) < 4.78 is 5.18. The van der Waals surface area contributed by atoms with E-state index in [0.717, 1.165) is 17.0 Å². The fourth-order valence-electron chi connectivity index (χ4n) is 3.71. The molecule has 2 aliphatic rings. The van der Waals surface area contributed by atoms with Crippen molar-refractivity contribution in [3.8, 4) is 0 Å². The second-order valence-corrected chi connectivity index (χ2v) is 7.57. The maximum absolute atomic E-state index is 13.5. The molecule has 1 spiro atoms. The largest absolute Gasteiger partial charge is 0.383 e. The number of nitrogens with zero attached hydrogens (tertiary/aromatic N) is 2. The van der Waals surface area contributed by atoms with Gasteiger partial charge in [0.1, 0.15) is 0 Å². The molecule has 26 heavy (non-hydrogen) atoms. The molecule has 4 rings (SSSR count). The number of fused-ring (bicyclic) bond motifs is 2. The number of carbonyl (C=O) groups is 2. The zero-order valence-corrected chi connectivity index (χ0v) is 15.4. The molecular formula is C20H20N2O3S. The lowest BCUT2D eigenvalue weighted by atomic mass is 10.0. The number of thioether (sulfide) groups is 1. The highest BCUT2D eigenvalue weighted by molar-refractivity contribution is 8.01. The molecule has 2 aromatic rings. The zero-order chi connectivity index (χ0) is 18.1. The van der Waals surface area contributed by atoms with E-state index in [1.165, 1.54) is 0 Å². The minimum Gasteiger partial charge on any atom is -0.383 e. The van der Waals surface area contributed by atoms with Gasteiger partial charge in [0.2, 0.25) is 0 Å². The summed E-state index contributed by atoms with van der Waals surface area (Å²) in [5.41, 5.74) is 2.37. The Bertz CT molecular complexity index is 842. The molecule has 1 fully saturated rings. The molecule has 2 heterocycles. The van der Waals surface area contributed by atoms with E-state index in [4.69, 9.17) is 4.74 Å². The third-order valence-electron chi connectivity index (χ3n) is 4.89. The van der Waals surface area contributed by atoms with Gasteiger partial charge in [0, 0.05) is 37.1 Å². The van der Waals surface area contributed by atoms with Gasteiger partial charge in [-0.2, -0.15) is 0 Å². The molecule has 0 saturated carbocycles. The average Bonchev–Trinajstić information content (AvgIpc) is 3.23. The Hall–Kier alpha value is -2.31. The first-order valence-corrected chi connectivity index (χ1v) is 9.60. The van der Waals surface area contributed by atoms with Gasteiger partial charge in [-0.25, -0.2) is 0 Å². The number of amides is 2. The van der Waals surface area contributed by atoms with E-state index in [2.05, 4.69) is 0 Å². The van der Waals surface area contributed by atoms with Crippen molar-refractivity contribution < 1.29 is 14.3 Å². The number of benzene rings is 2.